The summed E-state index contributed by atoms with van der Waals surface area (Å²) in [5.74, 6) is 1.56. The Labute approximate surface area is 102 Å². The molecular weight excluding hydrogens is 214 g/mol. The van der Waals surface area contributed by atoms with Crippen LogP contribution in [0.4, 0.5) is 0 Å². The Morgan fingerprint density at radius 2 is 2.00 bits per heavy atom. The van der Waals surface area contributed by atoms with E-state index in [2.05, 4.69) is 36.6 Å². The summed E-state index contributed by atoms with van der Waals surface area (Å²) in [6, 6.07) is 10.7. The van der Waals surface area contributed by atoms with Gasteiger partial charge in [-0.3, -0.25) is 0 Å². The number of nitrogens with two attached hydrogens (primary N) is 1. The van der Waals surface area contributed by atoms with Gasteiger partial charge < -0.3 is 5.73 Å². The predicted octanol–water partition coefficient (Wildman–Crippen LogP) is 3.00. The summed E-state index contributed by atoms with van der Waals surface area (Å²) in [4.78, 5) is 0. The zero-order valence-corrected chi connectivity index (χ0v) is 10.5. The highest BCUT2D eigenvalue weighted by Crippen LogP contribution is 2.56. The normalized spacial score (nSPS) is 41.5. The van der Waals surface area contributed by atoms with Gasteiger partial charge in [0, 0.05) is 10.8 Å². The third-order valence-corrected chi connectivity index (χ3v) is 5.63. The van der Waals surface area contributed by atoms with Crippen molar-refractivity contribution in [1.82, 2.24) is 0 Å². The van der Waals surface area contributed by atoms with Crippen molar-refractivity contribution >= 4 is 11.8 Å². The van der Waals surface area contributed by atoms with E-state index in [-0.39, 0.29) is 5.54 Å². The van der Waals surface area contributed by atoms with E-state index >= 15 is 0 Å². The molecule has 2 fully saturated rings. The van der Waals surface area contributed by atoms with E-state index in [1.54, 1.807) is 0 Å². The van der Waals surface area contributed by atoms with Crippen LogP contribution in [0.1, 0.15) is 24.8 Å². The van der Waals surface area contributed by atoms with Gasteiger partial charge in [-0.25, -0.2) is 0 Å². The summed E-state index contributed by atoms with van der Waals surface area (Å²) in [7, 11) is 0. The fourth-order valence-corrected chi connectivity index (χ4v) is 4.93. The number of thioether (sulfide) groups is 1. The summed E-state index contributed by atoms with van der Waals surface area (Å²) >= 11 is 2.01. The van der Waals surface area contributed by atoms with Crippen LogP contribution in [0, 0.1) is 11.8 Å². The third-order valence-electron chi connectivity index (χ3n) is 4.50. The van der Waals surface area contributed by atoms with Crippen LogP contribution < -0.4 is 5.73 Å². The molecule has 2 N–H and O–H groups in total. The predicted molar refractivity (Wildman–Crippen MR) is 70.4 cm³/mol. The van der Waals surface area contributed by atoms with Crippen molar-refractivity contribution < 1.29 is 0 Å². The van der Waals surface area contributed by atoms with E-state index in [0.29, 0.717) is 5.92 Å². The molecule has 1 aromatic carbocycles. The Bertz CT molecular complexity index is 378. The van der Waals surface area contributed by atoms with Gasteiger partial charge in [0.15, 0.2) is 0 Å². The highest BCUT2D eigenvalue weighted by molar-refractivity contribution is 7.99. The minimum atomic E-state index is -0.0438. The molecule has 2 saturated carbocycles. The van der Waals surface area contributed by atoms with Gasteiger partial charge in [0.25, 0.3) is 0 Å². The molecule has 16 heavy (non-hydrogen) atoms. The Kier molecular flexibility index (Phi) is 2.52. The summed E-state index contributed by atoms with van der Waals surface area (Å²) in [5.41, 5.74) is 8.02. The maximum atomic E-state index is 6.72. The molecule has 4 atom stereocenters. The van der Waals surface area contributed by atoms with Crippen molar-refractivity contribution in [3.63, 3.8) is 0 Å². The summed E-state index contributed by atoms with van der Waals surface area (Å²) in [6.45, 7) is 0. The number of hydrogen-bond donors (Lipinski definition) is 1. The van der Waals surface area contributed by atoms with Gasteiger partial charge in [-0.2, -0.15) is 11.8 Å². The fourth-order valence-electron chi connectivity index (χ4n) is 3.78. The van der Waals surface area contributed by atoms with E-state index in [4.69, 9.17) is 5.73 Å². The molecular formula is C14H19NS. The molecule has 0 aliphatic heterocycles. The third kappa shape index (κ3) is 1.43. The largest absolute Gasteiger partial charge is 0.321 e. The number of rotatable bonds is 2. The smallest absolute Gasteiger partial charge is 0.0451 e. The van der Waals surface area contributed by atoms with Crippen molar-refractivity contribution in [2.75, 3.05) is 6.26 Å². The fraction of sp³-hybridized carbons (Fsp3) is 0.571. The lowest BCUT2D eigenvalue weighted by Crippen LogP contribution is -2.46. The van der Waals surface area contributed by atoms with Crippen LogP contribution in [-0.4, -0.2) is 11.5 Å². The number of fused-ring (bicyclic) bond motifs is 2. The SMILES string of the molecule is CS[C@H]1C[C@H]2C[C@@H]1[C@@](N)(c1ccccc1)C2. The Hall–Kier alpha value is -0.470. The maximum absolute atomic E-state index is 6.72. The van der Waals surface area contributed by atoms with Gasteiger partial charge >= 0.3 is 0 Å². The van der Waals surface area contributed by atoms with Gasteiger partial charge in [-0.05, 0) is 42.9 Å². The average molecular weight is 233 g/mol. The molecule has 0 radical (unpaired) electrons. The van der Waals surface area contributed by atoms with Gasteiger partial charge in [-0.1, -0.05) is 30.3 Å². The highest BCUT2D eigenvalue weighted by atomic mass is 32.2. The first-order valence-corrected chi connectivity index (χ1v) is 7.40. The molecule has 2 bridgehead atoms. The van der Waals surface area contributed by atoms with Crippen LogP contribution in [0.5, 0.6) is 0 Å². The quantitative estimate of drug-likeness (QED) is 0.850. The molecule has 0 unspecified atom stereocenters. The first-order valence-electron chi connectivity index (χ1n) is 6.11. The first-order chi connectivity index (χ1) is 7.74. The van der Waals surface area contributed by atoms with Gasteiger partial charge in [0.2, 0.25) is 0 Å². The van der Waals surface area contributed by atoms with E-state index in [1.165, 1.54) is 24.8 Å². The lowest BCUT2D eigenvalue weighted by molar-refractivity contribution is 0.284. The van der Waals surface area contributed by atoms with Crippen molar-refractivity contribution in [2.45, 2.75) is 30.1 Å². The van der Waals surface area contributed by atoms with Crippen LogP contribution >= 0.6 is 11.8 Å². The molecule has 0 saturated heterocycles. The monoisotopic (exact) mass is 233 g/mol. The Morgan fingerprint density at radius 3 is 2.62 bits per heavy atom. The van der Waals surface area contributed by atoms with Crippen LogP contribution in [0.3, 0.4) is 0 Å². The number of benzene rings is 1. The van der Waals surface area contributed by atoms with Crippen molar-refractivity contribution in [3.8, 4) is 0 Å². The van der Waals surface area contributed by atoms with Gasteiger partial charge in [0.1, 0.15) is 0 Å². The van der Waals surface area contributed by atoms with E-state index in [1.807, 2.05) is 11.8 Å². The molecule has 0 spiro atoms. The second-order valence-electron chi connectivity index (χ2n) is 5.33. The van der Waals surface area contributed by atoms with E-state index in [0.717, 1.165) is 11.2 Å². The molecule has 0 amide bonds. The zero-order valence-electron chi connectivity index (χ0n) is 9.73. The zero-order chi connectivity index (χ0) is 11.2. The topological polar surface area (TPSA) is 26.0 Å². The second-order valence-corrected chi connectivity index (χ2v) is 6.41. The number of hydrogen-bond acceptors (Lipinski definition) is 2. The molecule has 2 aliphatic carbocycles. The molecule has 2 heteroatoms. The summed E-state index contributed by atoms with van der Waals surface area (Å²) < 4.78 is 0. The average Bonchev–Trinajstić information content (AvgIpc) is 2.87. The van der Waals surface area contributed by atoms with Crippen LogP contribution in [-0.2, 0) is 5.54 Å². The summed E-state index contributed by atoms with van der Waals surface area (Å²) in [5, 5.41) is 0.781. The van der Waals surface area contributed by atoms with Crippen LogP contribution in [0.15, 0.2) is 30.3 Å². The van der Waals surface area contributed by atoms with Gasteiger partial charge in [-0.15, -0.1) is 0 Å². The van der Waals surface area contributed by atoms with Gasteiger partial charge in [0.05, 0.1) is 0 Å². The second kappa shape index (κ2) is 3.78. The molecule has 1 nitrogen and oxygen atoms in total. The van der Waals surface area contributed by atoms with Crippen molar-refractivity contribution in [2.24, 2.45) is 17.6 Å². The first kappa shape index (κ1) is 10.7. The minimum Gasteiger partial charge on any atom is -0.321 e. The van der Waals surface area contributed by atoms with Crippen LogP contribution in [0.2, 0.25) is 0 Å². The molecule has 1 aromatic rings. The molecule has 0 heterocycles. The highest BCUT2D eigenvalue weighted by Gasteiger charge is 2.53. The minimum absolute atomic E-state index is 0.0438. The lowest BCUT2D eigenvalue weighted by atomic mass is 9.76. The van der Waals surface area contributed by atoms with E-state index in [9.17, 15) is 0 Å². The lowest BCUT2D eigenvalue weighted by Gasteiger charge is -2.38. The standard InChI is InChI=1S/C14H19NS/c1-16-13-8-10-7-12(13)14(15,9-10)11-5-3-2-4-6-11/h2-6,10,12-13H,7-9,15H2,1H3/t10-,12+,13+,14+/m1/s1. The van der Waals surface area contributed by atoms with Crippen molar-refractivity contribution in [1.29, 1.82) is 0 Å². The Morgan fingerprint density at radius 1 is 1.25 bits per heavy atom. The molecule has 86 valence electrons. The molecule has 2 aliphatic rings. The van der Waals surface area contributed by atoms with E-state index < -0.39 is 0 Å². The maximum Gasteiger partial charge on any atom is 0.0451 e. The Balaban J connectivity index is 1.95. The molecule has 0 aromatic heterocycles. The summed E-state index contributed by atoms with van der Waals surface area (Å²) in [6.07, 6.45) is 6.16. The van der Waals surface area contributed by atoms with Crippen molar-refractivity contribution in [3.05, 3.63) is 35.9 Å². The van der Waals surface area contributed by atoms with Crippen LogP contribution in [0.25, 0.3) is 0 Å². The molecule has 3 rings (SSSR count).